The van der Waals surface area contributed by atoms with Gasteiger partial charge in [0.1, 0.15) is 36.8 Å². The molecule has 0 aliphatic carbocycles. The van der Waals surface area contributed by atoms with Crippen LogP contribution in [0.4, 0.5) is 11.4 Å². The molecule has 4 N–H and O–H groups in total. The molecule has 2 amide bonds. The van der Waals surface area contributed by atoms with Crippen LogP contribution >= 0.6 is 0 Å². The van der Waals surface area contributed by atoms with E-state index in [4.69, 9.17) is 43.0 Å². The molecule has 0 radical (unpaired) electrons. The molecule has 4 aromatic carbocycles. The number of piperidine rings is 1. The Labute approximate surface area is 468 Å². The summed E-state index contributed by atoms with van der Waals surface area (Å²) in [6, 6.07) is 23.2. The SMILES string of the molecule is CC(C)(C)c1cc(C(C)(C)C)c(OCCOCCOCCOCCOCCOCCOCCOc2ccc(C3CCN(S(=O)(=O)c4ccc5c(c4)NCN(CC(=O)O)C5=O)CC3)cc2)cc1NC(=O)c1c[nH]c2ccccc2c1=O. The summed E-state index contributed by atoms with van der Waals surface area (Å²) >= 11 is 0. The van der Waals surface area contributed by atoms with Gasteiger partial charge < -0.3 is 63.5 Å². The highest BCUT2D eigenvalue weighted by Crippen LogP contribution is 2.41. The number of carboxylic acid groups (broad SMARTS) is 1. The number of carbonyl (C=O) groups is 3. The first-order chi connectivity index (χ1) is 38.3. The number of benzene rings is 4. The molecular weight excluding hydrogens is 1050 g/mol. The number of amides is 2. The topological polar surface area (TPSA) is 243 Å². The van der Waals surface area contributed by atoms with Crippen molar-refractivity contribution in [3.8, 4) is 11.5 Å². The highest BCUT2D eigenvalue weighted by atomic mass is 32.2. The van der Waals surface area contributed by atoms with Crippen molar-refractivity contribution in [2.24, 2.45) is 0 Å². The van der Waals surface area contributed by atoms with Crippen molar-refractivity contribution in [3.63, 3.8) is 0 Å². The lowest BCUT2D eigenvalue weighted by Crippen LogP contribution is -2.43. The first kappa shape index (κ1) is 61.2. The van der Waals surface area contributed by atoms with Crippen LogP contribution in [0.3, 0.4) is 0 Å². The van der Waals surface area contributed by atoms with Crippen molar-refractivity contribution in [1.82, 2.24) is 14.2 Å². The predicted molar refractivity (Wildman–Crippen MR) is 303 cm³/mol. The molecular formula is C59H77N5O15S. The molecule has 0 bridgehead atoms. The van der Waals surface area contributed by atoms with Crippen LogP contribution in [0.1, 0.15) is 97.7 Å². The van der Waals surface area contributed by atoms with Gasteiger partial charge in [-0.25, -0.2) is 8.42 Å². The van der Waals surface area contributed by atoms with E-state index in [1.54, 1.807) is 18.2 Å². The van der Waals surface area contributed by atoms with Gasteiger partial charge >= 0.3 is 5.97 Å². The largest absolute Gasteiger partial charge is 0.491 e. The lowest BCUT2D eigenvalue weighted by molar-refractivity contribution is -0.137. The number of nitrogens with zero attached hydrogens (tertiary/aromatic N) is 2. The third-order valence-electron chi connectivity index (χ3n) is 13.6. The van der Waals surface area contributed by atoms with Gasteiger partial charge in [-0.05, 0) is 94.8 Å². The summed E-state index contributed by atoms with van der Waals surface area (Å²) in [5, 5.41) is 15.5. The number of nitrogens with one attached hydrogen (secondary N) is 3. The Hall–Kier alpha value is -6.43. The number of rotatable bonds is 30. The van der Waals surface area contributed by atoms with Crippen LogP contribution in [0.25, 0.3) is 10.9 Å². The zero-order chi connectivity index (χ0) is 57.3. The van der Waals surface area contributed by atoms with Crippen molar-refractivity contribution in [2.75, 3.05) is 129 Å². The van der Waals surface area contributed by atoms with Gasteiger partial charge in [-0.2, -0.15) is 4.31 Å². The second-order valence-electron chi connectivity index (χ2n) is 21.5. The highest BCUT2D eigenvalue weighted by Gasteiger charge is 2.33. The molecule has 21 heteroatoms. The van der Waals surface area contributed by atoms with E-state index in [-0.39, 0.29) is 51.5 Å². The number of aromatic amines is 1. The summed E-state index contributed by atoms with van der Waals surface area (Å²) in [4.78, 5) is 54.9. The molecule has 2 aliphatic heterocycles. The summed E-state index contributed by atoms with van der Waals surface area (Å²) < 4.78 is 74.6. The summed E-state index contributed by atoms with van der Waals surface area (Å²) in [6.07, 6.45) is 2.77. The van der Waals surface area contributed by atoms with E-state index < -0.39 is 34.4 Å². The molecule has 7 rings (SSSR count). The summed E-state index contributed by atoms with van der Waals surface area (Å²) in [7, 11) is -3.80. The third-order valence-corrected chi connectivity index (χ3v) is 15.5. The Kier molecular flexibility index (Phi) is 22.0. The van der Waals surface area contributed by atoms with Gasteiger partial charge in [0.2, 0.25) is 15.5 Å². The monoisotopic (exact) mass is 1130 g/mol. The molecule has 80 heavy (non-hydrogen) atoms. The van der Waals surface area contributed by atoms with Crippen molar-refractivity contribution in [2.45, 2.75) is 76.0 Å². The van der Waals surface area contributed by atoms with Gasteiger partial charge in [0, 0.05) is 47.6 Å². The zero-order valence-corrected chi connectivity index (χ0v) is 47.6. The van der Waals surface area contributed by atoms with Crippen molar-refractivity contribution in [1.29, 1.82) is 0 Å². The number of sulfonamides is 1. The second kappa shape index (κ2) is 28.8. The number of ether oxygens (including phenoxy) is 8. The van der Waals surface area contributed by atoms with Gasteiger partial charge in [-0.15, -0.1) is 0 Å². The van der Waals surface area contributed by atoms with E-state index in [0.717, 1.165) is 21.6 Å². The molecule has 1 aromatic heterocycles. The van der Waals surface area contributed by atoms with E-state index >= 15 is 0 Å². The Bertz CT molecular complexity index is 3040. The van der Waals surface area contributed by atoms with E-state index in [0.29, 0.717) is 146 Å². The second-order valence-corrected chi connectivity index (χ2v) is 23.4. The molecule has 20 nitrogen and oxygen atoms in total. The molecule has 434 valence electrons. The highest BCUT2D eigenvalue weighted by molar-refractivity contribution is 7.89. The molecule has 1 saturated heterocycles. The van der Waals surface area contributed by atoms with Crippen LogP contribution in [0.15, 0.2) is 94.7 Å². The summed E-state index contributed by atoms with van der Waals surface area (Å²) in [5.74, 6) is -0.557. The Morgan fingerprint density at radius 3 is 1.79 bits per heavy atom. The molecule has 1 fully saturated rings. The minimum absolute atomic E-state index is 0.0231. The number of aliphatic carboxylic acids is 1. The van der Waals surface area contributed by atoms with E-state index in [9.17, 15) is 27.6 Å². The minimum atomic E-state index is -3.80. The van der Waals surface area contributed by atoms with Crippen molar-refractivity contribution >= 4 is 50.1 Å². The molecule has 3 heterocycles. The fourth-order valence-corrected chi connectivity index (χ4v) is 10.8. The Morgan fingerprint density at radius 2 is 1.23 bits per heavy atom. The number of aromatic nitrogens is 1. The lowest BCUT2D eigenvalue weighted by atomic mass is 9.79. The van der Waals surface area contributed by atoms with Crippen LogP contribution in [0.5, 0.6) is 11.5 Å². The normalized spacial score (nSPS) is 14.5. The molecule has 0 spiro atoms. The third kappa shape index (κ3) is 17.1. The smallest absolute Gasteiger partial charge is 0.323 e. The maximum atomic E-state index is 13.6. The van der Waals surface area contributed by atoms with Crippen LogP contribution in [0.2, 0.25) is 0 Å². The standard InChI is InChI=1S/C59H77N5O15S/c1-58(2,3)48-36-49(59(4,5)6)53(37-52(48)62-56(68)47-38-60-50-10-8-7-9-45(50)55(47)67)79-34-32-77-30-28-75-26-24-73-22-21-72-23-25-74-27-29-76-31-33-78-43-13-11-41(12-14-43)42-17-19-64(20-18-42)80(70,71)44-15-16-46-51(35-44)61-40-63(57(46)69)39-54(65)66/h7-16,35-38,42,61H,17-34,39-40H2,1-6H3,(H,60,67)(H,62,68)(H,65,66). The van der Waals surface area contributed by atoms with Crippen LogP contribution in [0, 0.1) is 0 Å². The average Bonchev–Trinajstić information content (AvgIpc) is 3.55. The number of hydrogen-bond donors (Lipinski definition) is 4. The van der Waals surface area contributed by atoms with Crippen LogP contribution in [-0.4, -0.2) is 164 Å². The first-order valence-corrected chi connectivity index (χ1v) is 28.6. The maximum Gasteiger partial charge on any atom is 0.323 e. The van der Waals surface area contributed by atoms with E-state index in [1.165, 1.54) is 28.7 Å². The van der Waals surface area contributed by atoms with Gasteiger partial charge in [-0.1, -0.05) is 65.8 Å². The Balaban J connectivity index is 0.673. The average molecular weight is 1130 g/mol. The molecule has 0 saturated carbocycles. The zero-order valence-electron chi connectivity index (χ0n) is 46.8. The molecule has 5 aromatic rings. The number of H-pyrrole nitrogens is 1. The summed E-state index contributed by atoms with van der Waals surface area (Å²) in [6.45, 7) is 18.4. The molecule has 2 aliphatic rings. The number of para-hydroxylation sites is 1. The number of carboxylic acids is 1. The van der Waals surface area contributed by atoms with Crippen molar-refractivity contribution in [3.05, 3.63) is 123 Å². The van der Waals surface area contributed by atoms with Crippen molar-refractivity contribution < 1.29 is 65.8 Å². The maximum absolute atomic E-state index is 13.6. The number of pyridine rings is 1. The van der Waals surface area contributed by atoms with Gasteiger partial charge in [0.05, 0.1) is 96.4 Å². The van der Waals surface area contributed by atoms with Gasteiger partial charge in [-0.3, -0.25) is 19.2 Å². The fourth-order valence-electron chi connectivity index (χ4n) is 9.31. The quantitative estimate of drug-likeness (QED) is 0.0327. The number of hydrogen-bond acceptors (Lipinski definition) is 15. The van der Waals surface area contributed by atoms with Crippen LogP contribution in [-0.2, 0) is 54.1 Å². The first-order valence-electron chi connectivity index (χ1n) is 27.1. The summed E-state index contributed by atoms with van der Waals surface area (Å²) in [5.41, 5.74) is 3.97. The fraction of sp³-hybridized carbons (Fsp3) is 0.492. The van der Waals surface area contributed by atoms with Gasteiger partial charge in [0.15, 0.2) is 0 Å². The lowest BCUT2D eigenvalue weighted by Gasteiger charge is -2.32. The number of anilines is 2. The molecule has 0 atom stereocenters. The predicted octanol–water partition coefficient (Wildman–Crippen LogP) is 7.41. The van der Waals surface area contributed by atoms with Gasteiger partial charge in [0.25, 0.3) is 11.8 Å². The molecule has 0 unspecified atom stereocenters. The number of fused-ring (bicyclic) bond motifs is 2. The number of carbonyl (C=O) groups excluding carboxylic acids is 2. The van der Waals surface area contributed by atoms with E-state index in [2.05, 4.69) is 63.2 Å². The Morgan fingerprint density at radius 1 is 0.675 bits per heavy atom. The minimum Gasteiger partial charge on any atom is -0.491 e. The van der Waals surface area contributed by atoms with Crippen LogP contribution < -0.4 is 25.5 Å². The van der Waals surface area contributed by atoms with E-state index in [1.807, 2.05) is 36.4 Å².